The van der Waals surface area contributed by atoms with Gasteiger partial charge in [0.25, 0.3) is 0 Å². The van der Waals surface area contributed by atoms with Gasteiger partial charge in [0.1, 0.15) is 6.04 Å². The second kappa shape index (κ2) is 4.00. The summed E-state index contributed by atoms with van der Waals surface area (Å²) >= 11 is 0. The minimum atomic E-state index is -0.867. The molecule has 0 spiro atoms. The van der Waals surface area contributed by atoms with Crippen LogP contribution in [0.2, 0.25) is 0 Å². The van der Waals surface area contributed by atoms with Crippen LogP contribution in [0.15, 0.2) is 30.3 Å². The molecule has 1 saturated heterocycles. The minimum absolute atomic E-state index is 0.379. The number of carbonyl (C=O) groups is 1. The number of aliphatic hydroxyl groups excluding tert-OH is 1. The molecule has 1 aromatic rings. The number of hydrogen-bond acceptors (Lipinski definition) is 3. The molecule has 1 aromatic carbocycles. The Kier molecular flexibility index (Phi) is 2.70. The van der Waals surface area contributed by atoms with Crippen molar-refractivity contribution in [1.29, 1.82) is 0 Å². The van der Waals surface area contributed by atoms with Gasteiger partial charge >= 0.3 is 5.97 Å². The number of nitrogens with zero attached hydrogens (tertiary/aromatic N) is 1. The molecule has 0 amide bonds. The van der Waals surface area contributed by atoms with Gasteiger partial charge in [0.15, 0.2) is 0 Å². The van der Waals surface area contributed by atoms with Crippen molar-refractivity contribution in [3.63, 3.8) is 0 Å². The van der Waals surface area contributed by atoms with Gasteiger partial charge in [-0.2, -0.15) is 0 Å². The Hall–Kier alpha value is -1.39. The summed E-state index contributed by atoms with van der Waals surface area (Å²) in [5.41, 5.74) is 0.761. The van der Waals surface area contributed by atoms with Gasteiger partial charge in [-0.15, -0.1) is 0 Å². The Balaban J connectivity index is 2.18. The highest BCUT2D eigenvalue weighted by Crippen LogP contribution is 2.25. The zero-order valence-corrected chi connectivity index (χ0v) is 8.21. The highest BCUT2D eigenvalue weighted by Gasteiger charge is 2.35. The molecular formula is C11H13NO3. The smallest absolute Gasteiger partial charge is 0.325 e. The third-order valence-corrected chi connectivity index (χ3v) is 2.60. The van der Waals surface area contributed by atoms with Crippen molar-refractivity contribution < 1.29 is 15.0 Å². The Morgan fingerprint density at radius 3 is 2.40 bits per heavy atom. The largest absolute Gasteiger partial charge is 0.480 e. The van der Waals surface area contributed by atoms with Crippen molar-refractivity contribution in [1.82, 2.24) is 4.90 Å². The van der Waals surface area contributed by atoms with Gasteiger partial charge in [-0.1, -0.05) is 30.3 Å². The normalized spacial score (nSPS) is 19.5. The van der Waals surface area contributed by atoms with E-state index in [0.29, 0.717) is 13.1 Å². The summed E-state index contributed by atoms with van der Waals surface area (Å²) in [6.45, 7) is 0.873. The number of rotatable bonds is 3. The highest BCUT2D eigenvalue weighted by atomic mass is 16.4. The molecule has 2 N–H and O–H groups in total. The van der Waals surface area contributed by atoms with Gasteiger partial charge in [0.05, 0.1) is 6.10 Å². The van der Waals surface area contributed by atoms with Gasteiger partial charge in [-0.05, 0) is 5.56 Å². The maximum Gasteiger partial charge on any atom is 0.325 e. The number of aliphatic hydroxyl groups is 1. The summed E-state index contributed by atoms with van der Waals surface area (Å²) in [5, 5.41) is 18.3. The first-order chi connectivity index (χ1) is 7.18. The molecule has 4 nitrogen and oxygen atoms in total. The first kappa shape index (κ1) is 10.1. The van der Waals surface area contributed by atoms with E-state index < -0.39 is 12.0 Å². The molecule has 1 unspecified atom stereocenters. The van der Waals surface area contributed by atoms with E-state index in [0.717, 1.165) is 5.56 Å². The lowest BCUT2D eigenvalue weighted by Gasteiger charge is -2.39. The van der Waals surface area contributed by atoms with Crippen LogP contribution >= 0.6 is 0 Å². The molecule has 0 radical (unpaired) electrons. The predicted octanol–water partition coefficient (Wildman–Crippen LogP) is 0.489. The standard InChI is InChI=1S/C11H13NO3/c13-9-6-12(7-9)10(11(14)15)8-4-2-1-3-5-8/h1-5,9-10,13H,6-7H2,(H,14,15). The van der Waals surface area contributed by atoms with Crippen LogP contribution in [0.5, 0.6) is 0 Å². The Labute approximate surface area is 87.8 Å². The summed E-state index contributed by atoms with van der Waals surface area (Å²) in [5.74, 6) is -0.867. The summed E-state index contributed by atoms with van der Waals surface area (Å²) < 4.78 is 0. The molecule has 0 aromatic heterocycles. The van der Waals surface area contributed by atoms with Crippen molar-refractivity contribution in [2.75, 3.05) is 13.1 Å². The molecule has 1 aliphatic rings. The van der Waals surface area contributed by atoms with Crippen LogP contribution < -0.4 is 0 Å². The van der Waals surface area contributed by atoms with Crippen LogP contribution in [0.4, 0.5) is 0 Å². The van der Waals surface area contributed by atoms with E-state index in [-0.39, 0.29) is 6.10 Å². The Bertz CT molecular complexity index is 346. The van der Waals surface area contributed by atoms with Crippen molar-refractivity contribution in [3.05, 3.63) is 35.9 Å². The molecule has 0 bridgehead atoms. The van der Waals surface area contributed by atoms with E-state index in [1.54, 1.807) is 17.0 Å². The van der Waals surface area contributed by atoms with Crippen LogP contribution in [0.1, 0.15) is 11.6 Å². The van der Waals surface area contributed by atoms with Crippen LogP contribution in [0, 0.1) is 0 Å². The Morgan fingerprint density at radius 2 is 1.93 bits per heavy atom. The van der Waals surface area contributed by atoms with E-state index in [2.05, 4.69) is 0 Å². The predicted molar refractivity (Wildman–Crippen MR) is 54.4 cm³/mol. The van der Waals surface area contributed by atoms with E-state index >= 15 is 0 Å². The van der Waals surface area contributed by atoms with Crippen molar-refractivity contribution in [3.8, 4) is 0 Å². The van der Waals surface area contributed by atoms with Crippen LogP contribution in [-0.4, -0.2) is 40.3 Å². The average Bonchev–Trinajstić information content (AvgIpc) is 2.17. The second-order valence-electron chi connectivity index (χ2n) is 3.76. The Morgan fingerprint density at radius 1 is 1.33 bits per heavy atom. The number of hydrogen-bond donors (Lipinski definition) is 2. The number of carboxylic acids is 1. The molecule has 1 fully saturated rings. The zero-order chi connectivity index (χ0) is 10.8. The molecule has 1 atom stereocenters. The first-order valence-corrected chi connectivity index (χ1v) is 4.88. The third kappa shape index (κ3) is 2.00. The SMILES string of the molecule is O=C(O)C(c1ccccc1)N1CC(O)C1. The lowest BCUT2D eigenvalue weighted by Crippen LogP contribution is -2.53. The fourth-order valence-corrected chi connectivity index (χ4v) is 1.84. The van der Waals surface area contributed by atoms with Crippen molar-refractivity contribution in [2.24, 2.45) is 0 Å². The maximum atomic E-state index is 11.1. The van der Waals surface area contributed by atoms with E-state index in [1.165, 1.54) is 0 Å². The van der Waals surface area contributed by atoms with Crippen molar-refractivity contribution >= 4 is 5.97 Å². The van der Waals surface area contributed by atoms with E-state index in [1.807, 2.05) is 18.2 Å². The van der Waals surface area contributed by atoms with Gasteiger partial charge in [-0.25, -0.2) is 0 Å². The number of β-amino-alcohol motifs (C(OH)–C–C–N with tert-alkyl or cyclic N) is 1. The molecule has 80 valence electrons. The van der Waals surface area contributed by atoms with E-state index in [9.17, 15) is 4.79 Å². The number of benzene rings is 1. The summed E-state index contributed by atoms with van der Waals surface area (Å²) in [6, 6.07) is 8.46. The number of aliphatic carboxylic acids is 1. The molecule has 15 heavy (non-hydrogen) atoms. The third-order valence-electron chi connectivity index (χ3n) is 2.60. The minimum Gasteiger partial charge on any atom is -0.480 e. The molecule has 1 aliphatic heterocycles. The summed E-state index contributed by atoms with van der Waals surface area (Å²) in [4.78, 5) is 12.9. The fraction of sp³-hybridized carbons (Fsp3) is 0.364. The zero-order valence-electron chi connectivity index (χ0n) is 8.21. The first-order valence-electron chi connectivity index (χ1n) is 4.88. The van der Waals surface area contributed by atoms with Gasteiger partial charge in [0, 0.05) is 13.1 Å². The number of likely N-dealkylation sites (tertiary alicyclic amines) is 1. The molecule has 4 heteroatoms. The van der Waals surface area contributed by atoms with Gasteiger partial charge < -0.3 is 10.2 Å². The summed E-state index contributed by atoms with van der Waals surface area (Å²) in [6.07, 6.45) is -0.379. The monoisotopic (exact) mass is 207 g/mol. The molecular weight excluding hydrogens is 194 g/mol. The van der Waals surface area contributed by atoms with Gasteiger partial charge in [0.2, 0.25) is 0 Å². The average molecular weight is 207 g/mol. The fourth-order valence-electron chi connectivity index (χ4n) is 1.84. The second-order valence-corrected chi connectivity index (χ2v) is 3.76. The molecule has 0 aliphatic carbocycles. The molecule has 1 heterocycles. The quantitative estimate of drug-likeness (QED) is 0.757. The van der Waals surface area contributed by atoms with E-state index in [4.69, 9.17) is 10.2 Å². The molecule has 0 saturated carbocycles. The lowest BCUT2D eigenvalue weighted by molar-refractivity contribution is -0.148. The summed E-state index contributed by atoms with van der Waals surface area (Å²) in [7, 11) is 0. The van der Waals surface area contributed by atoms with Crippen LogP contribution in [-0.2, 0) is 4.79 Å². The highest BCUT2D eigenvalue weighted by molar-refractivity contribution is 5.75. The van der Waals surface area contributed by atoms with Crippen LogP contribution in [0.25, 0.3) is 0 Å². The lowest BCUT2D eigenvalue weighted by atomic mass is 10.0. The maximum absolute atomic E-state index is 11.1. The van der Waals surface area contributed by atoms with Crippen molar-refractivity contribution in [2.45, 2.75) is 12.1 Å². The van der Waals surface area contributed by atoms with Crippen LogP contribution in [0.3, 0.4) is 0 Å². The molecule has 2 rings (SSSR count). The topological polar surface area (TPSA) is 60.8 Å². The van der Waals surface area contributed by atoms with Gasteiger partial charge in [-0.3, -0.25) is 9.69 Å². The number of carboxylic acid groups (broad SMARTS) is 1.